The van der Waals surface area contributed by atoms with E-state index in [4.69, 9.17) is 11.2 Å². The Morgan fingerprint density at radius 1 is 1.16 bits per heavy atom. The van der Waals surface area contributed by atoms with Gasteiger partial charge in [0.15, 0.2) is 17.0 Å². The fourth-order valence-electron chi connectivity index (χ4n) is 3.15. The number of fused-ring (bicyclic) bond motifs is 1. The lowest BCUT2D eigenvalue weighted by atomic mass is 10.2. The zero-order valence-corrected chi connectivity index (χ0v) is 18.2. The number of nitrogens with zero attached hydrogens (tertiary/aromatic N) is 5. The summed E-state index contributed by atoms with van der Waals surface area (Å²) in [6.45, 7) is 1.48. The van der Waals surface area contributed by atoms with E-state index in [1.807, 2.05) is 38.4 Å². The van der Waals surface area contributed by atoms with Gasteiger partial charge in [-0.05, 0) is 44.6 Å². The van der Waals surface area contributed by atoms with E-state index in [2.05, 4.69) is 27.6 Å². The van der Waals surface area contributed by atoms with E-state index in [0.717, 1.165) is 28.8 Å². The van der Waals surface area contributed by atoms with Gasteiger partial charge in [0.2, 0.25) is 0 Å². The molecule has 160 valence electrons. The predicted octanol–water partition coefficient (Wildman–Crippen LogP) is 0.797. The van der Waals surface area contributed by atoms with Crippen molar-refractivity contribution in [2.24, 2.45) is 14.1 Å². The molecule has 0 spiro atoms. The second-order valence-corrected chi connectivity index (χ2v) is 7.39. The zero-order chi connectivity index (χ0) is 22.5. The van der Waals surface area contributed by atoms with Crippen molar-refractivity contribution in [3.63, 3.8) is 0 Å². The average Bonchev–Trinajstić information content (AvgIpc) is 3.08. The summed E-state index contributed by atoms with van der Waals surface area (Å²) in [7, 11) is 7.30. The zero-order valence-electron chi connectivity index (χ0n) is 18.2. The molecular formula is C23H25N5O3. The van der Waals surface area contributed by atoms with Crippen LogP contribution in [0.5, 0.6) is 5.75 Å². The van der Waals surface area contributed by atoms with Crippen molar-refractivity contribution in [3.05, 3.63) is 56.5 Å². The number of aromatic nitrogens is 4. The number of rotatable bonds is 6. The van der Waals surface area contributed by atoms with Crippen molar-refractivity contribution < 1.29 is 4.74 Å². The highest BCUT2D eigenvalue weighted by molar-refractivity contribution is 5.72. The molecule has 8 heteroatoms. The minimum Gasteiger partial charge on any atom is -0.494 e. The van der Waals surface area contributed by atoms with Crippen LogP contribution in [0.4, 0.5) is 0 Å². The molecule has 0 unspecified atom stereocenters. The molecule has 2 heterocycles. The maximum atomic E-state index is 12.7. The summed E-state index contributed by atoms with van der Waals surface area (Å²) < 4.78 is 9.69. The Morgan fingerprint density at radius 3 is 2.65 bits per heavy atom. The Balaban J connectivity index is 1.91. The van der Waals surface area contributed by atoms with Gasteiger partial charge in [0.05, 0.1) is 13.2 Å². The normalized spacial score (nSPS) is 10.7. The smallest absolute Gasteiger partial charge is 0.333 e. The van der Waals surface area contributed by atoms with Crippen LogP contribution in [0.1, 0.15) is 17.8 Å². The molecule has 0 saturated carbocycles. The molecule has 0 atom stereocenters. The second-order valence-electron chi connectivity index (χ2n) is 7.39. The summed E-state index contributed by atoms with van der Waals surface area (Å²) in [6.07, 6.45) is 6.23. The van der Waals surface area contributed by atoms with Crippen molar-refractivity contribution in [1.82, 2.24) is 23.6 Å². The summed E-state index contributed by atoms with van der Waals surface area (Å²) in [4.78, 5) is 31.7. The maximum absolute atomic E-state index is 12.7. The first-order chi connectivity index (χ1) is 14.8. The highest BCUT2D eigenvalue weighted by atomic mass is 16.5. The summed E-state index contributed by atoms with van der Waals surface area (Å²) >= 11 is 0. The van der Waals surface area contributed by atoms with Crippen molar-refractivity contribution in [2.45, 2.75) is 13.0 Å². The number of aryl methyl sites for hydroxylation is 2. The summed E-state index contributed by atoms with van der Waals surface area (Å²) in [5, 5.41) is 0. The minimum absolute atomic E-state index is 0.102. The van der Waals surface area contributed by atoms with Gasteiger partial charge < -0.3 is 14.2 Å². The minimum atomic E-state index is -0.507. The summed E-state index contributed by atoms with van der Waals surface area (Å²) in [5.74, 6) is 9.50. The van der Waals surface area contributed by atoms with Gasteiger partial charge in [0.25, 0.3) is 5.56 Å². The molecule has 0 radical (unpaired) electrons. The first-order valence-electron chi connectivity index (χ1n) is 9.82. The van der Waals surface area contributed by atoms with Gasteiger partial charge in [-0.1, -0.05) is 17.9 Å². The highest BCUT2D eigenvalue weighted by Crippen LogP contribution is 2.13. The molecule has 2 aromatic heterocycles. The molecule has 31 heavy (non-hydrogen) atoms. The van der Waals surface area contributed by atoms with E-state index < -0.39 is 11.2 Å². The van der Waals surface area contributed by atoms with Gasteiger partial charge in [-0.15, -0.1) is 6.42 Å². The highest BCUT2D eigenvalue weighted by Gasteiger charge is 2.17. The largest absolute Gasteiger partial charge is 0.494 e. The van der Waals surface area contributed by atoms with E-state index in [-0.39, 0.29) is 17.7 Å². The van der Waals surface area contributed by atoms with Gasteiger partial charge in [-0.2, -0.15) is 0 Å². The second kappa shape index (κ2) is 9.38. The predicted molar refractivity (Wildman–Crippen MR) is 120 cm³/mol. The Morgan fingerprint density at radius 2 is 1.94 bits per heavy atom. The lowest BCUT2D eigenvalue weighted by Gasteiger charge is -2.10. The SMILES string of the molecule is C#CCn1c(=O)c2c(nc(C#Cc3cccc(OCCCN(C)C)c3)n2C)n(C)c1=O. The van der Waals surface area contributed by atoms with Crippen molar-refractivity contribution in [3.8, 4) is 29.9 Å². The fourth-order valence-corrected chi connectivity index (χ4v) is 3.15. The summed E-state index contributed by atoms with van der Waals surface area (Å²) in [6, 6.07) is 7.50. The summed E-state index contributed by atoms with van der Waals surface area (Å²) in [5.41, 5.74) is 0.322. The molecule has 0 N–H and O–H groups in total. The molecule has 0 aliphatic carbocycles. The van der Waals surface area contributed by atoms with Crippen LogP contribution >= 0.6 is 0 Å². The van der Waals surface area contributed by atoms with E-state index in [1.165, 1.54) is 4.57 Å². The first-order valence-corrected chi connectivity index (χ1v) is 9.82. The molecule has 0 amide bonds. The van der Waals surface area contributed by atoms with Crippen LogP contribution in [0.2, 0.25) is 0 Å². The Kier molecular flexibility index (Phi) is 6.64. The Labute approximate surface area is 180 Å². The van der Waals surface area contributed by atoms with E-state index in [0.29, 0.717) is 12.4 Å². The number of terminal acetylenes is 1. The van der Waals surface area contributed by atoms with Crippen LogP contribution in [0.15, 0.2) is 33.9 Å². The third kappa shape index (κ3) is 4.71. The molecule has 1 aromatic carbocycles. The fraction of sp³-hybridized carbons (Fsp3) is 0.348. The molecule has 0 aliphatic heterocycles. The van der Waals surface area contributed by atoms with Gasteiger partial charge in [0, 0.05) is 26.2 Å². The molecule has 0 aliphatic rings. The average molecular weight is 419 g/mol. The number of imidazole rings is 1. The quantitative estimate of drug-likeness (QED) is 0.436. The van der Waals surface area contributed by atoms with Crippen LogP contribution in [0.3, 0.4) is 0 Å². The lowest BCUT2D eigenvalue weighted by Crippen LogP contribution is -2.39. The Bertz CT molecular complexity index is 1330. The monoisotopic (exact) mass is 419 g/mol. The van der Waals surface area contributed by atoms with Gasteiger partial charge >= 0.3 is 5.69 Å². The maximum Gasteiger partial charge on any atom is 0.333 e. The molecule has 3 rings (SSSR count). The third-order valence-electron chi connectivity index (χ3n) is 4.78. The van der Waals surface area contributed by atoms with E-state index >= 15 is 0 Å². The lowest BCUT2D eigenvalue weighted by molar-refractivity contribution is 0.281. The molecule has 0 fully saturated rings. The first kappa shape index (κ1) is 21.9. The molecule has 3 aromatic rings. The van der Waals surface area contributed by atoms with Crippen LogP contribution in [-0.4, -0.2) is 50.8 Å². The standard InChI is InChI=1S/C23H25N5O3/c1-6-13-28-22(29)20-21(27(5)23(28)30)24-19(26(20)4)12-11-17-9-7-10-18(16-17)31-15-8-14-25(2)3/h1,7,9-10,16H,8,13-15H2,2-5H3. The molecule has 8 nitrogen and oxygen atoms in total. The van der Waals surface area contributed by atoms with E-state index in [1.54, 1.807) is 18.7 Å². The van der Waals surface area contributed by atoms with Crippen LogP contribution in [0.25, 0.3) is 11.2 Å². The molecule has 0 bridgehead atoms. The van der Waals surface area contributed by atoms with Gasteiger partial charge in [-0.25, -0.2) is 14.3 Å². The number of benzene rings is 1. The van der Waals surface area contributed by atoms with Crippen LogP contribution in [-0.2, 0) is 20.6 Å². The van der Waals surface area contributed by atoms with Crippen molar-refractivity contribution in [1.29, 1.82) is 0 Å². The topological polar surface area (TPSA) is 74.3 Å². The molecular weight excluding hydrogens is 394 g/mol. The number of hydrogen-bond acceptors (Lipinski definition) is 5. The third-order valence-corrected chi connectivity index (χ3v) is 4.78. The van der Waals surface area contributed by atoms with Gasteiger partial charge in [0.1, 0.15) is 5.75 Å². The molecule has 0 saturated heterocycles. The number of ether oxygens (including phenoxy) is 1. The van der Waals surface area contributed by atoms with Crippen LogP contribution in [0, 0.1) is 24.2 Å². The van der Waals surface area contributed by atoms with Crippen molar-refractivity contribution in [2.75, 3.05) is 27.2 Å². The number of hydrogen-bond donors (Lipinski definition) is 0. The Hall–Kier alpha value is -3.75. The van der Waals surface area contributed by atoms with Crippen LogP contribution < -0.4 is 16.0 Å². The van der Waals surface area contributed by atoms with Gasteiger partial charge in [-0.3, -0.25) is 9.36 Å². The van der Waals surface area contributed by atoms with Crippen molar-refractivity contribution >= 4 is 11.2 Å². The van der Waals surface area contributed by atoms with E-state index in [9.17, 15) is 9.59 Å².